The van der Waals surface area contributed by atoms with Crippen molar-refractivity contribution in [2.24, 2.45) is 5.73 Å². The average Bonchev–Trinajstić information content (AvgIpc) is 2.70. The Bertz CT molecular complexity index is 438. The third-order valence-corrected chi connectivity index (χ3v) is 3.79. The van der Waals surface area contributed by atoms with Crippen molar-refractivity contribution in [2.75, 3.05) is 33.2 Å². The standard InChI is InChI=1S/C13H22N4O2/c1-9-12(10(2)19-15-9)6-13(18)17-5-4-16(3)8-11(17)7-14/h11H,4-8,14H2,1-3H3. The molecule has 1 fully saturated rings. The zero-order valence-electron chi connectivity index (χ0n) is 11.8. The Morgan fingerprint density at radius 3 is 2.79 bits per heavy atom. The summed E-state index contributed by atoms with van der Waals surface area (Å²) in [6.07, 6.45) is 0.349. The molecule has 1 aromatic heterocycles. The zero-order valence-corrected chi connectivity index (χ0v) is 11.8. The van der Waals surface area contributed by atoms with Gasteiger partial charge in [-0.3, -0.25) is 4.79 Å². The summed E-state index contributed by atoms with van der Waals surface area (Å²) in [4.78, 5) is 16.5. The smallest absolute Gasteiger partial charge is 0.227 e. The minimum absolute atomic E-state index is 0.103. The van der Waals surface area contributed by atoms with Crippen molar-refractivity contribution in [3.05, 3.63) is 17.0 Å². The van der Waals surface area contributed by atoms with Crippen molar-refractivity contribution in [2.45, 2.75) is 26.3 Å². The molecule has 2 rings (SSSR count). The van der Waals surface area contributed by atoms with E-state index in [1.807, 2.05) is 18.7 Å². The molecule has 1 amide bonds. The largest absolute Gasteiger partial charge is 0.361 e. The minimum atomic E-state index is 0.103. The molecule has 106 valence electrons. The van der Waals surface area contributed by atoms with Crippen LogP contribution in [0.4, 0.5) is 0 Å². The second-order valence-corrected chi connectivity index (χ2v) is 5.22. The lowest BCUT2D eigenvalue weighted by Crippen LogP contribution is -2.57. The van der Waals surface area contributed by atoms with E-state index < -0.39 is 0 Å². The molecule has 1 unspecified atom stereocenters. The molecule has 2 N–H and O–H groups in total. The van der Waals surface area contributed by atoms with E-state index in [9.17, 15) is 4.79 Å². The quantitative estimate of drug-likeness (QED) is 0.829. The molecule has 1 saturated heterocycles. The van der Waals surface area contributed by atoms with Crippen LogP contribution in [0.3, 0.4) is 0 Å². The lowest BCUT2D eigenvalue weighted by molar-refractivity contribution is -0.134. The minimum Gasteiger partial charge on any atom is -0.361 e. The maximum absolute atomic E-state index is 12.4. The first-order valence-corrected chi connectivity index (χ1v) is 6.62. The van der Waals surface area contributed by atoms with Crippen molar-refractivity contribution in [1.82, 2.24) is 15.0 Å². The van der Waals surface area contributed by atoms with E-state index in [-0.39, 0.29) is 11.9 Å². The van der Waals surface area contributed by atoms with Gasteiger partial charge in [-0.05, 0) is 20.9 Å². The average molecular weight is 266 g/mol. The van der Waals surface area contributed by atoms with Crippen molar-refractivity contribution in [3.63, 3.8) is 0 Å². The summed E-state index contributed by atoms with van der Waals surface area (Å²) in [5, 5.41) is 3.89. The molecule has 2 heterocycles. The van der Waals surface area contributed by atoms with E-state index >= 15 is 0 Å². The number of rotatable bonds is 3. The number of carbonyl (C=O) groups is 1. The van der Waals surface area contributed by atoms with Crippen molar-refractivity contribution < 1.29 is 9.32 Å². The number of hydrogen-bond donors (Lipinski definition) is 1. The van der Waals surface area contributed by atoms with Gasteiger partial charge in [-0.25, -0.2) is 0 Å². The Labute approximate surface area is 113 Å². The molecule has 1 aliphatic rings. The zero-order chi connectivity index (χ0) is 14.0. The maximum atomic E-state index is 12.4. The van der Waals surface area contributed by atoms with Crippen LogP contribution in [0.2, 0.25) is 0 Å². The van der Waals surface area contributed by atoms with Crippen molar-refractivity contribution >= 4 is 5.91 Å². The molecule has 1 atom stereocenters. The molecule has 6 heteroatoms. The number of carbonyl (C=O) groups excluding carboxylic acids is 1. The van der Waals surface area contributed by atoms with Gasteiger partial charge in [0.25, 0.3) is 0 Å². The van der Waals surface area contributed by atoms with E-state index in [1.54, 1.807) is 0 Å². The van der Waals surface area contributed by atoms with Crippen LogP contribution in [0.1, 0.15) is 17.0 Å². The van der Waals surface area contributed by atoms with Crippen LogP contribution in [0.25, 0.3) is 0 Å². The van der Waals surface area contributed by atoms with Gasteiger partial charge < -0.3 is 20.1 Å². The number of aryl methyl sites for hydroxylation is 2. The molecule has 0 spiro atoms. The van der Waals surface area contributed by atoms with Crippen LogP contribution in [-0.4, -0.2) is 60.1 Å². The fraction of sp³-hybridized carbons (Fsp3) is 0.692. The number of piperazine rings is 1. The molecule has 6 nitrogen and oxygen atoms in total. The third-order valence-electron chi connectivity index (χ3n) is 3.79. The van der Waals surface area contributed by atoms with Gasteiger partial charge in [0.1, 0.15) is 5.76 Å². The number of likely N-dealkylation sites (N-methyl/N-ethyl adjacent to an activating group) is 1. The lowest BCUT2D eigenvalue weighted by Gasteiger charge is -2.39. The Balaban J connectivity index is 2.07. The van der Waals surface area contributed by atoms with Gasteiger partial charge >= 0.3 is 0 Å². The predicted octanol–water partition coefficient (Wildman–Crippen LogP) is -0.0648. The summed E-state index contributed by atoms with van der Waals surface area (Å²) in [5.74, 6) is 0.835. The van der Waals surface area contributed by atoms with Crippen LogP contribution in [0.15, 0.2) is 4.52 Å². The first-order valence-electron chi connectivity index (χ1n) is 6.62. The third kappa shape index (κ3) is 2.96. The van der Waals surface area contributed by atoms with Gasteiger partial charge in [-0.15, -0.1) is 0 Å². The van der Waals surface area contributed by atoms with Crippen molar-refractivity contribution in [3.8, 4) is 0 Å². The van der Waals surface area contributed by atoms with E-state index in [4.69, 9.17) is 10.3 Å². The summed E-state index contributed by atoms with van der Waals surface area (Å²) in [7, 11) is 2.05. The molecular weight excluding hydrogens is 244 g/mol. The first-order chi connectivity index (χ1) is 9.02. The molecular formula is C13H22N4O2. The van der Waals surface area contributed by atoms with E-state index in [1.165, 1.54) is 0 Å². The highest BCUT2D eigenvalue weighted by atomic mass is 16.5. The highest BCUT2D eigenvalue weighted by Crippen LogP contribution is 2.16. The molecule has 0 bridgehead atoms. The van der Waals surface area contributed by atoms with Gasteiger partial charge in [-0.2, -0.15) is 0 Å². The number of hydrogen-bond acceptors (Lipinski definition) is 5. The first kappa shape index (κ1) is 14.0. The second kappa shape index (κ2) is 5.71. The monoisotopic (exact) mass is 266 g/mol. The Morgan fingerprint density at radius 1 is 1.47 bits per heavy atom. The Morgan fingerprint density at radius 2 is 2.21 bits per heavy atom. The van der Waals surface area contributed by atoms with Crippen LogP contribution >= 0.6 is 0 Å². The van der Waals surface area contributed by atoms with Crippen LogP contribution in [0.5, 0.6) is 0 Å². The summed E-state index contributed by atoms with van der Waals surface area (Å²) >= 11 is 0. The highest BCUT2D eigenvalue weighted by Gasteiger charge is 2.28. The summed E-state index contributed by atoms with van der Waals surface area (Å²) in [6.45, 7) is 6.67. The fourth-order valence-corrected chi connectivity index (χ4v) is 2.55. The molecule has 0 aliphatic carbocycles. The molecule has 0 aromatic carbocycles. The summed E-state index contributed by atoms with van der Waals surface area (Å²) < 4.78 is 5.10. The van der Waals surface area contributed by atoms with Gasteiger partial charge in [0.15, 0.2) is 0 Å². The maximum Gasteiger partial charge on any atom is 0.227 e. The molecule has 0 saturated carbocycles. The van der Waals surface area contributed by atoms with Gasteiger partial charge in [-0.1, -0.05) is 5.16 Å². The lowest BCUT2D eigenvalue weighted by atomic mass is 10.1. The Kier molecular flexibility index (Phi) is 4.21. The van der Waals surface area contributed by atoms with Crippen LogP contribution in [0, 0.1) is 13.8 Å². The van der Waals surface area contributed by atoms with E-state index in [0.717, 1.165) is 36.7 Å². The predicted molar refractivity (Wildman–Crippen MR) is 71.7 cm³/mol. The van der Waals surface area contributed by atoms with Crippen molar-refractivity contribution in [1.29, 1.82) is 0 Å². The normalized spacial score (nSPS) is 20.8. The Hall–Kier alpha value is -1.40. The summed E-state index contributed by atoms with van der Waals surface area (Å²) in [5.41, 5.74) is 7.47. The number of aromatic nitrogens is 1. The highest BCUT2D eigenvalue weighted by molar-refractivity contribution is 5.79. The van der Waals surface area contributed by atoms with Gasteiger partial charge in [0.05, 0.1) is 18.2 Å². The van der Waals surface area contributed by atoms with Crippen LogP contribution < -0.4 is 5.73 Å². The SMILES string of the molecule is Cc1noc(C)c1CC(=O)N1CCN(C)CC1CN. The molecule has 0 radical (unpaired) electrons. The van der Waals surface area contributed by atoms with Gasteiger partial charge in [0.2, 0.25) is 5.91 Å². The molecule has 1 aliphatic heterocycles. The number of amides is 1. The van der Waals surface area contributed by atoms with E-state index in [2.05, 4.69) is 17.1 Å². The number of nitrogens with two attached hydrogens (primary N) is 1. The second-order valence-electron chi connectivity index (χ2n) is 5.22. The van der Waals surface area contributed by atoms with Gasteiger partial charge in [0, 0.05) is 31.7 Å². The van der Waals surface area contributed by atoms with Crippen LogP contribution in [-0.2, 0) is 11.2 Å². The molecule has 19 heavy (non-hydrogen) atoms. The summed E-state index contributed by atoms with van der Waals surface area (Å²) in [6, 6.07) is 0.103. The fourth-order valence-electron chi connectivity index (χ4n) is 2.55. The topological polar surface area (TPSA) is 75.6 Å². The number of nitrogens with zero attached hydrogens (tertiary/aromatic N) is 3. The van der Waals surface area contributed by atoms with E-state index in [0.29, 0.717) is 13.0 Å². The molecule has 1 aromatic rings.